The van der Waals surface area contributed by atoms with E-state index in [0.29, 0.717) is 32.1 Å². The molecule has 1 amide bonds. The molecule has 0 N–H and O–H groups in total. The Kier molecular flexibility index (Phi) is 5.38. The van der Waals surface area contributed by atoms with Crippen LogP contribution in [0.4, 0.5) is 0 Å². The van der Waals surface area contributed by atoms with Crippen molar-refractivity contribution in [3.8, 4) is 0 Å². The van der Waals surface area contributed by atoms with Gasteiger partial charge in [-0.3, -0.25) is 4.79 Å². The monoisotopic (exact) mass is 468 g/mol. The Balaban J connectivity index is 1.19. The molecule has 2 spiro atoms. The molecule has 1 unspecified atom stereocenters. The second kappa shape index (κ2) is 7.78. The first-order valence-corrected chi connectivity index (χ1v) is 15.1. The largest absolute Gasteiger partial charge is 0.447 e. The van der Waals surface area contributed by atoms with E-state index in [0.717, 1.165) is 31.5 Å². The summed E-state index contributed by atoms with van der Waals surface area (Å²) in [7, 11) is -1.84. The zero-order valence-electron chi connectivity index (χ0n) is 20.6. The van der Waals surface area contributed by atoms with Crippen molar-refractivity contribution >= 4 is 20.2 Å². The van der Waals surface area contributed by atoms with Gasteiger partial charge in [0.1, 0.15) is 0 Å². The number of hydrogen-bond donors (Lipinski definition) is 0. The molecule has 1 fully saturated rings. The molecule has 1 aromatic rings. The summed E-state index contributed by atoms with van der Waals surface area (Å²) in [5.74, 6) is -0.154. The summed E-state index contributed by atoms with van der Waals surface area (Å²) >= 11 is 0. The molecule has 178 valence electrons. The average Bonchev–Trinajstić information content (AvgIpc) is 3.44. The summed E-state index contributed by atoms with van der Waals surface area (Å²) in [5.41, 5.74) is 2.68. The van der Waals surface area contributed by atoms with E-state index in [1.54, 1.807) is 0 Å². The lowest BCUT2D eigenvalue weighted by Crippen LogP contribution is -2.46. The van der Waals surface area contributed by atoms with Gasteiger partial charge in [-0.1, -0.05) is 51.1 Å². The van der Waals surface area contributed by atoms with Crippen LogP contribution in [-0.2, 0) is 30.9 Å². The fourth-order valence-electron chi connectivity index (χ4n) is 5.08. The van der Waals surface area contributed by atoms with Crippen molar-refractivity contribution in [1.82, 2.24) is 4.90 Å². The molecule has 7 heteroatoms. The molecule has 0 bridgehead atoms. The minimum atomic E-state index is -1.84. The summed E-state index contributed by atoms with van der Waals surface area (Å²) in [6.45, 7) is 14.0. The van der Waals surface area contributed by atoms with Crippen molar-refractivity contribution in [2.24, 2.45) is 4.99 Å². The first-order valence-electron chi connectivity index (χ1n) is 12.2. The smallest absolute Gasteiger partial charge is 0.296 e. The van der Waals surface area contributed by atoms with Crippen LogP contribution in [0.25, 0.3) is 0 Å². The predicted molar refractivity (Wildman–Crippen MR) is 130 cm³/mol. The molecule has 1 atom stereocenters. The Hall–Kier alpha value is -1.96. The predicted octanol–water partition coefficient (Wildman–Crippen LogP) is 4.90. The van der Waals surface area contributed by atoms with Crippen LogP contribution in [0, 0.1) is 0 Å². The number of likely N-dealkylation sites (tertiary alicyclic amines) is 1. The van der Waals surface area contributed by atoms with Crippen LogP contribution < -0.4 is 0 Å². The Bertz CT molecular complexity index is 1020. The maximum Gasteiger partial charge on any atom is 0.296 e. The zero-order chi connectivity index (χ0) is 23.5. The number of amidine groups is 1. The van der Waals surface area contributed by atoms with Gasteiger partial charge in [0.15, 0.2) is 13.9 Å². The molecular weight excluding hydrogens is 432 g/mol. The zero-order valence-corrected chi connectivity index (χ0v) is 21.6. The fourth-order valence-corrected chi connectivity index (χ4v) is 6.06. The molecule has 1 saturated heterocycles. The van der Waals surface area contributed by atoms with Crippen LogP contribution in [0.5, 0.6) is 0 Å². The lowest BCUT2D eigenvalue weighted by molar-refractivity contribution is -0.130. The van der Waals surface area contributed by atoms with E-state index in [-0.39, 0.29) is 16.5 Å². The van der Waals surface area contributed by atoms with E-state index in [9.17, 15) is 4.79 Å². The van der Waals surface area contributed by atoms with Gasteiger partial charge >= 0.3 is 0 Å². The Labute approximate surface area is 198 Å². The number of benzene rings is 1. The Morgan fingerprint density at radius 1 is 1.15 bits per heavy atom. The normalized spacial score (nSPS) is 26.6. The van der Waals surface area contributed by atoms with Crippen LogP contribution in [-0.4, -0.2) is 50.4 Å². The highest BCUT2D eigenvalue weighted by atomic mass is 28.4. The summed E-state index contributed by atoms with van der Waals surface area (Å²) in [6, 6.07) is 9.00. The topological polar surface area (TPSA) is 60.4 Å². The molecule has 3 aliphatic heterocycles. The van der Waals surface area contributed by atoms with Crippen molar-refractivity contribution in [3.63, 3.8) is 0 Å². The maximum absolute atomic E-state index is 12.9. The van der Waals surface area contributed by atoms with Gasteiger partial charge in [0.2, 0.25) is 0 Å². The van der Waals surface area contributed by atoms with Crippen LogP contribution >= 0.6 is 0 Å². The van der Waals surface area contributed by atoms with Gasteiger partial charge in [-0.2, -0.15) is 4.99 Å². The van der Waals surface area contributed by atoms with Crippen LogP contribution in [0.15, 0.2) is 40.9 Å². The first kappa shape index (κ1) is 22.8. The van der Waals surface area contributed by atoms with E-state index >= 15 is 0 Å². The highest BCUT2D eigenvalue weighted by Crippen LogP contribution is 2.45. The lowest BCUT2D eigenvalue weighted by atomic mass is 9.84. The molecule has 4 aliphatic rings. The minimum absolute atomic E-state index is 0.154. The molecular formula is C26H36N2O4Si. The third-order valence-electron chi connectivity index (χ3n) is 8.39. The second-order valence-electron chi connectivity index (χ2n) is 11.5. The number of fused-ring (bicyclic) bond motifs is 2. The molecule has 0 saturated carbocycles. The quantitative estimate of drug-likeness (QED) is 0.466. The molecule has 6 nitrogen and oxygen atoms in total. The Morgan fingerprint density at radius 2 is 1.88 bits per heavy atom. The number of amides is 1. The highest BCUT2D eigenvalue weighted by molar-refractivity contribution is 6.74. The Morgan fingerprint density at radius 3 is 2.61 bits per heavy atom. The summed E-state index contributed by atoms with van der Waals surface area (Å²) < 4.78 is 19.0. The van der Waals surface area contributed by atoms with E-state index in [1.807, 2.05) is 0 Å². The van der Waals surface area contributed by atoms with Gasteiger partial charge < -0.3 is 18.8 Å². The highest BCUT2D eigenvalue weighted by Gasteiger charge is 2.52. The van der Waals surface area contributed by atoms with Gasteiger partial charge in [-0.05, 0) is 47.7 Å². The number of aliphatic imine (C=N–C) groups is 1. The second-order valence-corrected chi connectivity index (χ2v) is 16.3. The number of carbonyl (C=O) groups excluding carboxylic acids is 1. The van der Waals surface area contributed by atoms with Gasteiger partial charge in [0, 0.05) is 25.9 Å². The average molecular weight is 469 g/mol. The number of carbonyl (C=O) groups is 1. The maximum atomic E-state index is 12.9. The third kappa shape index (κ3) is 3.88. The van der Waals surface area contributed by atoms with Gasteiger partial charge in [0.05, 0.1) is 18.8 Å². The molecule has 0 aromatic heterocycles. The number of piperidine rings is 1. The molecule has 33 heavy (non-hydrogen) atoms. The summed E-state index contributed by atoms with van der Waals surface area (Å²) in [5, 5.41) is 0.162. The van der Waals surface area contributed by atoms with E-state index < -0.39 is 13.9 Å². The third-order valence-corrected chi connectivity index (χ3v) is 12.9. The van der Waals surface area contributed by atoms with Gasteiger partial charge in [-0.25, -0.2) is 0 Å². The van der Waals surface area contributed by atoms with Crippen molar-refractivity contribution in [2.45, 2.75) is 82.4 Å². The standard InChI is InChI=1S/C26H36N2O4Si/c1-24(2,3)33(4,5)31-17-19-10-11-26(16-19)22(29)27-23(32-26)28-14-12-25(13-15-28)21-9-7-6-8-20(21)18-30-25/h6-10H,11-18H2,1-5H3. The van der Waals surface area contributed by atoms with Crippen molar-refractivity contribution < 1.29 is 18.7 Å². The van der Waals surface area contributed by atoms with Crippen LogP contribution in [0.1, 0.15) is 57.6 Å². The first-order chi connectivity index (χ1) is 15.5. The molecule has 3 heterocycles. The van der Waals surface area contributed by atoms with E-state index in [4.69, 9.17) is 13.9 Å². The molecule has 1 aromatic carbocycles. The number of ether oxygens (including phenoxy) is 2. The number of nitrogens with zero attached hydrogens (tertiary/aromatic N) is 2. The summed E-state index contributed by atoms with van der Waals surface area (Å²) in [6.07, 6.45) is 5.01. The van der Waals surface area contributed by atoms with Crippen LogP contribution in [0.3, 0.4) is 0 Å². The number of hydrogen-bond acceptors (Lipinski definition) is 5. The minimum Gasteiger partial charge on any atom is -0.447 e. The number of rotatable bonds is 3. The van der Waals surface area contributed by atoms with Crippen molar-refractivity contribution in [3.05, 3.63) is 47.0 Å². The molecule has 0 radical (unpaired) electrons. The van der Waals surface area contributed by atoms with Crippen LogP contribution in [0.2, 0.25) is 18.1 Å². The molecule has 5 rings (SSSR count). The van der Waals surface area contributed by atoms with Crippen molar-refractivity contribution in [1.29, 1.82) is 0 Å². The van der Waals surface area contributed by atoms with Gasteiger partial charge in [-0.15, -0.1) is 0 Å². The van der Waals surface area contributed by atoms with E-state index in [1.165, 1.54) is 11.1 Å². The van der Waals surface area contributed by atoms with Crippen molar-refractivity contribution in [2.75, 3.05) is 19.7 Å². The fraction of sp³-hybridized carbons (Fsp3) is 0.615. The van der Waals surface area contributed by atoms with E-state index in [2.05, 4.69) is 74.1 Å². The summed E-state index contributed by atoms with van der Waals surface area (Å²) in [4.78, 5) is 19.4. The van der Waals surface area contributed by atoms with Gasteiger partial charge in [0.25, 0.3) is 11.9 Å². The lowest BCUT2D eigenvalue weighted by Gasteiger charge is -2.39. The molecule has 1 aliphatic carbocycles. The SMILES string of the molecule is CC(C)(C)[Si](C)(C)OCC1=CCC2(C1)OC(N1CCC3(CC1)OCc1ccccc13)=NC2=O.